The molecule has 0 spiro atoms. The van der Waals surface area contributed by atoms with Gasteiger partial charge in [0.05, 0.1) is 6.61 Å². The summed E-state index contributed by atoms with van der Waals surface area (Å²) in [6.07, 6.45) is -0.0954. The van der Waals surface area contributed by atoms with Crippen molar-refractivity contribution in [2.75, 3.05) is 18.2 Å². The zero-order chi connectivity index (χ0) is 12.7. The van der Waals surface area contributed by atoms with Crippen LogP contribution in [0.4, 0.5) is 5.69 Å². The Morgan fingerprint density at radius 1 is 1.47 bits per heavy atom. The van der Waals surface area contributed by atoms with Crippen molar-refractivity contribution in [3.8, 4) is 5.75 Å². The molecular formula is C10H14N4O3. The lowest BCUT2D eigenvalue weighted by Gasteiger charge is -2.16. The van der Waals surface area contributed by atoms with Gasteiger partial charge in [0.25, 0.3) is 0 Å². The lowest BCUT2D eigenvalue weighted by atomic mass is 10.3. The number of rotatable bonds is 7. The summed E-state index contributed by atoms with van der Waals surface area (Å²) in [6, 6.07) is 6.69. The van der Waals surface area contributed by atoms with Gasteiger partial charge in [-0.3, -0.25) is 5.41 Å². The molecule has 7 heteroatoms. The molecule has 0 aliphatic heterocycles. The zero-order valence-electron chi connectivity index (χ0n) is 9.08. The topological polar surface area (TPSA) is 113 Å². The second-order valence-electron chi connectivity index (χ2n) is 3.19. The number of para-hydroxylation sites is 2. The van der Waals surface area contributed by atoms with Crippen LogP contribution in [0.3, 0.4) is 0 Å². The van der Waals surface area contributed by atoms with E-state index in [9.17, 15) is 0 Å². The fourth-order valence-corrected chi connectivity index (χ4v) is 1.16. The van der Waals surface area contributed by atoms with E-state index in [1.807, 2.05) is 0 Å². The lowest BCUT2D eigenvalue weighted by molar-refractivity contribution is 0.0538. The second-order valence-corrected chi connectivity index (χ2v) is 3.19. The van der Waals surface area contributed by atoms with Crippen LogP contribution in [0.15, 0.2) is 29.5 Å². The van der Waals surface area contributed by atoms with Crippen molar-refractivity contribution in [2.45, 2.75) is 6.10 Å². The van der Waals surface area contributed by atoms with Crippen LogP contribution in [-0.2, 0) is 0 Å². The van der Waals surface area contributed by atoms with Crippen LogP contribution < -0.4 is 9.75 Å². The largest absolute Gasteiger partial charge is 0.489 e. The van der Waals surface area contributed by atoms with Gasteiger partial charge in [-0.15, -0.1) is 0 Å². The molecule has 0 fully saturated rings. The van der Waals surface area contributed by atoms with E-state index >= 15 is 0 Å². The summed E-state index contributed by atoms with van der Waals surface area (Å²) in [7, 11) is 0. The smallest absolute Gasteiger partial charge is 0.145 e. The third kappa shape index (κ3) is 3.51. The monoisotopic (exact) mass is 238 g/mol. The second kappa shape index (κ2) is 6.56. The van der Waals surface area contributed by atoms with E-state index in [0.29, 0.717) is 11.4 Å². The molecule has 1 aromatic rings. The molecule has 1 unspecified atom stereocenters. The summed E-state index contributed by atoms with van der Waals surface area (Å²) in [4.78, 5) is 0. The molecular weight excluding hydrogens is 224 g/mol. The van der Waals surface area contributed by atoms with Gasteiger partial charge in [-0.25, -0.2) is 5.01 Å². The number of nitrogens with one attached hydrogen (secondary N) is 2. The van der Waals surface area contributed by atoms with E-state index in [4.69, 9.17) is 25.9 Å². The van der Waals surface area contributed by atoms with Gasteiger partial charge >= 0.3 is 0 Å². The number of ether oxygens (including phenoxy) is 1. The number of hydrogen-bond acceptors (Lipinski definition) is 6. The number of benzene rings is 1. The molecule has 4 N–H and O–H groups in total. The molecule has 1 atom stereocenters. The highest BCUT2D eigenvalue weighted by Crippen LogP contribution is 2.27. The minimum Gasteiger partial charge on any atom is -0.489 e. The van der Waals surface area contributed by atoms with E-state index in [2.05, 4.69) is 5.22 Å². The summed E-state index contributed by atoms with van der Waals surface area (Å²) < 4.78 is 5.28. The van der Waals surface area contributed by atoms with E-state index in [1.165, 1.54) is 0 Å². The molecule has 0 heterocycles. The highest BCUT2D eigenvalue weighted by Gasteiger charge is 2.11. The molecule has 0 bridgehead atoms. The van der Waals surface area contributed by atoms with Gasteiger partial charge in [-0.05, 0) is 12.1 Å². The van der Waals surface area contributed by atoms with Crippen LogP contribution in [-0.4, -0.2) is 35.9 Å². The first kappa shape index (κ1) is 13.1. The van der Waals surface area contributed by atoms with Crippen molar-refractivity contribution < 1.29 is 14.9 Å². The van der Waals surface area contributed by atoms with E-state index in [0.717, 1.165) is 11.3 Å². The number of aliphatic hydroxyl groups is 2. The molecule has 1 rings (SSSR count). The van der Waals surface area contributed by atoms with Crippen LogP contribution in [0, 0.1) is 10.9 Å². The van der Waals surface area contributed by atoms with Gasteiger partial charge in [0, 0.05) is 0 Å². The summed E-state index contributed by atoms with van der Waals surface area (Å²) in [5.74, 6) is 0.375. The highest BCUT2D eigenvalue weighted by atomic mass is 16.5. The molecule has 0 radical (unpaired) electrons. The van der Waals surface area contributed by atoms with Gasteiger partial charge in [0.1, 0.15) is 30.5 Å². The van der Waals surface area contributed by atoms with Crippen LogP contribution in [0.1, 0.15) is 0 Å². The summed E-state index contributed by atoms with van der Waals surface area (Å²) >= 11 is 0. The van der Waals surface area contributed by atoms with Gasteiger partial charge in [-0.2, -0.15) is 5.53 Å². The average molecular weight is 238 g/mol. The number of aliphatic hydroxyl groups excluding tert-OH is 2. The number of anilines is 1. The van der Waals surface area contributed by atoms with Crippen molar-refractivity contribution in [1.82, 2.24) is 0 Å². The predicted molar refractivity (Wildman–Crippen MR) is 61.4 cm³/mol. The molecule has 7 nitrogen and oxygen atoms in total. The maximum absolute atomic E-state index is 9.17. The van der Waals surface area contributed by atoms with Crippen molar-refractivity contribution in [2.24, 2.45) is 5.22 Å². The molecule has 0 saturated carbocycles. The molecule has 0 aliphatic rings. The van der Waals surface area contributed by atoms with Crippen LogP contribution >= 0.6 is 0 Å². The summed E-state index contributed by atoms with van der Waals surface area (Å²) in [5, 5.41) is 29.1. The summed E-state index contributed by atoms with van der Waals surface area (Å²) in [6.45, 7) is -0.462. The Morgan fingerprint density at radius 2 is 2.18 bits per heavy atom. The van der Waals surface area contributed by atoms with E-state index < -0.39 is 6.10 Å². The minimum atomic E-state index is -0.968. The van der Waals surface area contributed by atoms with Crippen LogP contribution in [0.2, 0.25) is 0 Å². The SMILES string of the molecule is N=CN(N=N)c1ccccc1OCC(O)CO. The average Bonchev–Trinajstić information content (AvgIpc) is 2.38. The first-order chi connectivity index (χ1) is 8.22. The number of nitrogens with zero attached hydrogens (tertiary/aromatic N) is 2. The third-order valence-corrected chi connectivity index (χ3v) is 1.98. The third-order valence-electron chi connectivity index (χ3n) is 1.98. The van der Waals surface area contributed by atoms with Crippen LogP contribution in [0.25, 0.3) is 0 Å². The Morgan fingerprint density at radius 3 is 2.76 bits per heavy atom. The Kier molecular flexibility index (Phi) is 5.05. The van der Waals surface area contributed by atoms with Crippen LogP contribution in [0.5, 0.6) is 5.75 Å². The lowest BCUT2D eigenvalue weighted by Crippen LogP contribution is -2.22. The van der Waals surface area contributed by atoms with Gasteiger partial charge < -0.3 is 14.9 Å². The molecule has 0 aromatic heterocycles. The number of hydrogen-bond donors (Lipinski definition) is 4. The molecule has 0 amide bonds. The molecule has 17 heavy (non-hydrogen) atoms. The van der Waals surface area contributed by atoms with Crippen molar-refractivity contribution in [1.29, 1.82) is 10.9 Å². The quantitative estimate of drug-likeness (QED) is 0.243. The van der Waals surface area contributed by atoms with Crippen molar-refractivity contribution in [3.63, 3.8) is 0 Å². The molecule has 0 saturated heterocycles. The Labute approximate surface area is 98.2 Å². The highest BCUT2D eigenvalue weighted by molar-refractivity contribution is 5.79. The first-order valence-corrected chi connectivity index (χ1v) is 4.91. The fourth-order valence-electron chi connectivity index (χ4n) is 1.16. The van der Waals surface area contributed by atoms with Gasteiger partial charge in [0.2, 0.25) is 0 Å². The standard InChI is InChI=1S/C10H14N4O3/c11-7-14(13-12)9-3-1-2-4-10(9)17-6-8(16)5-15/h1-4,7-8,11-12,15-16H,5-6H2. The maximum Gasteiger partial charge on any atom is 0.145 e. The molecule has 92 valence electrons. The van der Waals surface area contributed by atoms with Crippen molar-refractivity contribution >= 4 is 12.0 Å². The Bertz CT molecular complexity index is 378. The Hall–Kier alpha value is -1.99. The zero-order valence-corrected chi connectivity index (χ0v) is 9.08. The molecule has 1 aromatic carbocycles. The van der Waals surface area contributed by atoms with Gasteiger partial charge in [0.15, 0.2) is 0 Å². The van der Waals surface area contributed by atoms with Crippen molar-refractivity contribution in [3.05, 3.63) is 24.3 Å². The normalized spacial score (nSPS) is 11.6. The fraction of sp³-hybridized carbons (Fsp3) is 0.300. The minimum absolute atomic E-state index is 0.0721. The maximum atomic E-state index is 9.17. The van der Waals surface area contributed by atoms with Gasteiger partial charge in [-0.1, -0.05) is 17.4 Å². The molecule has 0 aliphatic carbocycles. The first-order valence-electron chi connectivity index (χ1n) is 4.91. The Balaban J connectivity index is 2.83. The van der Waals surface area contributed by atoms with E-state index in [-0.39, 0.29) is 13.2 Å². The summed E-state index contributed by atoms with van der Waals surface area (Å²) in [5.41, 5.74) is 7.32. The predicted octanol–water partition coefficient (Wildman–Crippen LogP) is 0.778. The van der Waals surface area contributed by atoms with E-state index in [1.54, 1.807) is 24.3 Å².